The van der Waals surface area contributed by atoms with E-state index in [2.05, 4.69) is 0 Å². The first-order valence-electron chi connectivity index (χ1n) is 4.44. The van der Waals surface area contributed by atoms with Crippen LogP contribution in [0.5, 0.6) is 0 Å². The fourth-order valence-electron chi connectivity index (χ4n) is 1.51. The maximum absolute atomic E-state index is 11.1. The lowest BCUT2D eigenvalue weighted by molar-refractivity contribution is 0.300. The van der Waals surface area contributed by atoms with Crippen molar-refractivity contribution in [1.29, 1.82) is 0 Å². The molecule has 2 rings (SSSR count). The van der Waals surface area contributed by atoms with Crippen molar-refractivity contribution >= 4 is 11.0 Å². The second-order valence-corrected chi connectivity index (χ2v) is 3.06. The van der Waals surface area contributed by atoms with Crippen molar-refractivity contribution in [3.05, 3.63) is 46.3 Å². The van der Waals surface area contributed by atoms with Gasteiger partial charge in [-0.3, -0.25) is 0 Å². The monoisotopic (exact) mass is 190 g/mol. The molecule has 2 aromatic rings. The summed E-state index contributed by atoms with van der Waals surface area (Å²) in [5.74, 6) is 0. The van der Waals surface area contributed by atoms with Crippen LogP contribution in [0.4, 0.5) is 0 Å². The van der Waals surface area contributed by atoms with Gasteiger partial charge in [-0.05, 0) is 18.1 Å². The normalized spacial score (nSPS) is 10.6. The molecule has 0 bridgehead atoms. The van der Waals surface area contributed by atoms with Gasteiger partial charge in [0, 0.05) is 18.1 Å². The molecule has 1 N–H and O–H groups in total. The first-order valence-corrected chi connectivity index (χ1v) is 4.44. The molecule has 1 aromatic heterocycles. The van der Waals surface area contributed by atoms with Gasteiger partial charge >= 0.3 is 5.63 Å². The average molecular weight is 190 g/mol. The molecule has 0 aliphatic carbocycles. The molecule has 0 atom stereocenters. The largest absolute Gasteiger partial charge is 0.423 e. The summed E-state index contributed by atoms with van der Waals surface area (Å²) in [4.78, 5) is 11.1. The number of aliphatic hydroxyl groups is 1. The van der Waals surface area contributed by atoms with Gasteiger partial charge in [0.25, 0.3) is 0 Å². The maximum atomic E-state index is 11.1. The second-order valence-electron chi connectivity index (χ2n) is 3.06. The number of fused-ring (bicyclic) bond motifs is 1. The van der Waals surface area contributed by atoms with Gasteiger partial charge < -0.3 is 9.52 Å². The maximum Gasteiger partial charge on any atom is 0.336 e. The standard InChI is InChI=1S/C11H10O3/c12-6-5-8-7-11(13)14-10-4-2-1-3-9(8)10/h1-4,7,12H,5-6H2. The van der Waals surface area contributed by atoms with Crippen molar-refractivity contribution in [3.8, 4) is 0 Å². The number of aliphatic hydroxyl groups excluding tert-OH is 1. The lowest BCUT2D eigenvalue weighted by atomic mass is 10.1. The van der Waals surface area contributed by atoms with E-state index < -0.39 is 0 Å². The summed E-state index contributed by atoms with van der Waals surface area (Å²) in [6.45, 7) is 0.0352. The van der Waals surface area contributed by atoms with E-state index in [4.69, 9.17) is 9.52 Å². The van der Waals surface area contributed by atoms with Crippen molar-refractivity contribution in [2.75, 3.05) is 6.61 Å². The zero-order valence-corrected chi connectivity index (χ0v) is 7.56. The molecular weight excluding hydrogens is 180 g/mol. The Morgan fingerprint density at radius 1 is 1.29 bits per heavy atom. The summed E-state index contributed by atoms with van der Waals surface area (Å²) >= 11 is 0. The van der Waals surface area contributed by atoms with Crippen molar-refractivity contribution < 1.29 is 9.52 Å². The lowest BCUT2D eigenvalue weighted by Gasteiger charge is -2.02. The van der Waals surface area contributed by atoms with Crippen LogP contribution in [-0.2, 0) is 6.42 Å². The molecule has 0 aliphatic heterocycles. The van der Waals surface area contributed by atoms with E-state index in [9.17, 15) is 4.79 Å². The van der Waals surface area contributed by atoms with Gasteiger partial charge in [0.05, 0.1) is 0 Å². The zero-order valence-electron chi connectivity index (χ0n) is 7.56. The lowest BCUT2D eigenvalue weighted by Crippen LogP contribution is -2.02. The third kappa shape index (κ3) is 1.54. The van der Waals surface area contributed by atoms with Crippen LogP contribution in [0.1, 0.15) is 5.56 Å². The Kier molecular flexibility index (Phi) is 2.33. The Labute approximate surface area is 80.6 Å². The fourth-order valence-corrected chi connectivity index (χ4v) is 1.51. The summed E-state index contributed by atoms with van der Waals surface area (Å²) in [6, 6.07) is 8.75. The van der Waals surface area contributed by atoms with Gasteiger partial charge in [-0.25, -0.2) is 4.79 Å². The number of benzene rings is 1. The Balaban J connectivity index is 2.73. The van der Waals surface area contributed by atoms with Gasteiger partial charge in [-0.1, -0.05) is 18.2 Å². The fraction of sp³-hybridized carbons (Fsp3) is 0.182. The minimum Gasteiger partial charge on any atom is -0.423 e. The average Bonchev–Trinajstić information content (AvgIpc) is 2.18. The summed E-state index contributed by atoms with van der Waals surface area (Å²) in [5, 5.41) is 9.73. The number of hydrogen-bond donors (Lipinski definition) is 1. The van der Waals surface area contributed by atoms with E-state index in [1.54, 1.807) is 6.07 Å². The van der Waals surface area contributed by atoms with Crippen LogP contribution in [0.25, 0.3) is 11.0 Å². The third-order valence-electron chi connectivity index (χ3n) is 2.12. The molecule has 72 valence electrons. The quantitative estimate of drug-likeness (QED) is 0.727. The zero-order chi connectivity index (χ0) is 9.97. The number of para-hydroxylation sites is 1. The van der Waals surface area contributed by atoms with Gasteiger partial charge in [0.1, 0.15) is 5.58 Å². The molecule has 1 aromatic carbocycles. The van der Waals surface area contributed by atoms with E-state index >= 15 is 0 Å². The molecular formula is C11H10O3. The smallest absolute Gasteiger partial charge is 0.336 e. The summed E-state index contributed by atoms with van der Waals surface area (Å²) in [6.07, 6.45) is 0.478. The highest BCUT2D eigenvalue weighted by Gasteiger charge is 2.03. The SMILES string of the molecule is O=c1cc(CCO)c2ccccc2o1. The Bertz CT molecular complexity index is 499. The highest BCUT2D eigenvalue weighted by Crippen LogP contribution is 2.16. The highest BCUT2D eigenvalue weighted by molar-refractivity contribution is 5.79. The minimum atomic E-state index is -0.368. The molecule has 3 nitrogen and oxygen atoms in total. The number of rotatable bonds is 2. The molecule has 0 saturated carbocycles. The van der Waals surface area contributed by atoms with E-state index in [0.717, 1.165) is 10.9 Å². The number of hydrogen-bond acceptors (Lipinski definition) is 3. The van der Waals surface area contributed by atoms with Crippen LogP contribution >= 0.6 is 0 Å². The third-order valence-corrected chi connectivity index (χ3v) is 2.12. The van der Waals surface area contributed by atoms with Crippen molar-refractivity contribution in [2.45, 2.75) is 6.42 Å². The summed E-state index contributed by atoms with van der Waals surface area (Å²) in [5.41, 5.74) is 1.04. The molecule has 0 radical (unpaired) electrons. The molecule has 0 fully saturated rings. The van der Waals surface area contributed by atoms with E-state index in [0.29, 0.717) is 12.0 Å². The van der Waals surface area contributed by atoms with Crippen LogP contribution in [0.2, 0.25) is 0 Å². The molecule has 0 unspecified atom stereocenters. The Morgan fingerprint density at radius 3 is 2.86 bits per heavy atom. The van der Waals surface area contributed by atoms with Gasteiger partial charge in [0.15, 0.2) is 0 Å². The van der Waals surface area contributed by atoms with Crippen LogP contribution < -0.4 is 5.63 Å². The molecule has 0 amide bonds. The van der Waals surface area contributed by atoms with Gasteiger partial charge in [-0.2, -0.15) is 0 Å². The van der Waals surface area contributed by atoms with Crippen LogP contribution in [0.3, 0.4) is 0 Å². The minimum absolute atomic E-state index is 0.0352. The van der Waals surface area contributed by atoms with Crippen LogP contribution in [0.15, 0.2) is 39.5 Å². The summed E-state index contributed by atoms with van der Waals surface area (Å²) < 4.78 is 5.01. The Morgan fingerprint density at radius 2 is 2.07 bits per heavy atom. The Hall–Kier alpha value is -1.61. The summed E-state index contributed by atoms with van der Waals surface area (Å²) in [7, 11) is 0. The predicted molar refractivity (Wildman–Crippen MR) is 53.3 cm³/mol. The van der Waals surface area contributed by atoms with E-state index in [1.807, 2.05) is 18.2 Å². The van der Waals surface area contributed by atoms with Crippen molar-refractivity contribution in [2.24, 2.45) is 0 Å². The van der Waals surface area contributed by atoms with E-state index in [1.165, 1.54) is 6.07 Å². The molecule has 14 heavy (non-hydrogen) atoms. The first kappa shape index (κ1) is 8.97. The van der Waals surface area contributed by atoms with Crippen molar-refractivity contribution in [3.63, 3.8) is 0 Å². The molecule has 3 heteroatoms. The van der Waals surface area contributed by atoms with Crippen LogP contribution in [-0.4, -0.2) is 11.7 Å². The molecule has 0 aliphatic rings. The van der Waals surface area contributed by atoms with E-state index in [-0.39, 0.29) is 12.2 Å². The van der Waals surface area contributed by atoms with Gasteiger partial charge in [0.2, 0.25) is 0 Å². The van der Waals surface area contributed by atoms with Gasteiger partial charge in [-0.15, -0.1) is 0 Å². The highest BCUT2D eigenvalue weighted by atomic mass is 16.4. The van der Waals surface area contributed by atoms with Crippen molar-refractivity contribution in [1.82, 2.24) is 0 Å². The topological polar surface area (TPSA) is 50.4 Å². The molecule has 0 spiro atoms. The molecule has 0 saturated heterocycles. The first-order chi connectivity index (χ1) is 6.81. The molecule has 1 heterocycles. The second kappa shape index (κ2) is 3.64. The predicted octanol–water partition coefficient (Wildman–Crippen LogP) is 1.33. The van der Waals surface area contributed by atoms with Crippen LogP contribution in [0, 0.1) is 0 Å².